The molecule has 4 heteroatoms. The van der Waals surface area contributed by atoms with Gasteiger partial charge in [0.1, 0.15) is 5.69 Å². The minimum Gasteiger partial charge on any atom is -0.321 e. The van der Waals surface area contributed by atoms with Gasteiger partial charge in [-0.2, -0.15) is 0 Å². The van der Waals surface area contributed by atoms with E-state index in [2.05, 4.69) is 26.2 Å². The van der Waals surface area contributed by atoms with Crippen LogP contribution in [0.15, 0.2) is 41.0 Å². The summed E-state index contributed by atoms with van der Waals surface area (Å²) in [6.45, 7) is 3.99. The molecule has 0 bridgehead atoms. The Morgan fingerprint density at radius 1 is 1.22 bits per heavy atom. The molecule has 0 fully saturated rings. The van der Waals surface area contributed by atoms with Crippen LogP contribution < -0.4 is 5.32 Å². The Labute approximate surface area is 114 Å². The lowest BCUT2D eigenvalue weighted by molar-refractivity contribution is 0.102. The number of nitrogens with one attached hydrogen (secondary N) is 1. The summed E-state index contributed by atoms with van der Waals surface area (Å²) in [6.07, 6.45) is 1.60. The molecule has 0 atom stereocenters. The topological polar surface area (TPSA) is 42.0 Å². The van der Waals surface area contributed by atoms with Crippen LogP contribution in [0.5, 0.6) is 0 Å². The van der Waals surface area contributed by atoms with Gasteiger partial charge in [-0.25, -0.2) is 0 Å². The van der Waals surface area contributed by atoms with Crippen molar-refractivity contribution in [3.63, 3.8) is 0 Å². The zero-order chi connectivity index (χ0) is 13.1. The lowest BCUT2D eigenvalue weighted by Crippen LogP contribution is -2.13. The zero-order valence-corrected chi connectivity index (χ0v) is 11.8. The smallest absolute Gasteiger partial charge is 0.274 e. The van der Waals surface area contributed by atoms with E-state index in [9.17, 15) is 4.79 Å². The number of hydrogen-bond acceptors (Lipinski definition) is 2. The Hall–Kier alpha value is -1.68. The minimum atomic E-state index is -0.197. The van der Waals surface area contributed by atoms with Crippen molar-refractivity contribution in [2.45, 2.75) is 13.8 Å². The van der Waals surface area contributed by atoms with E-state index in [1.165, 1.54) is 0 Å². The molecule has 3 nitrogen and oxygen atoms in total. The van der Waals surface area contributed by atoms with Gasteiger partial charge in [0.25, 0.3) is 5.91 Å². The summed E-state index contributed by atoms with van der Waals surface area (Å²) in [6, 6.07) is 9.12. The van der Waals surface area contributed by atoms with Crippen LogP contribution in [0.2, 0.25) is 0 Å². The molecule has 0 aliphatic heterocycles. The van der Waals surface area contributed by atoms with E-state index in [1.807, 2.05) is 26.0 Å². The summed E-state index contributed by atoms with van der Waals surface area (Å²) < 4.78 is 1.07. The molecular formula is C14H13BrN2O. The van der Waals surface area contributed by atoms with E-state index in [0.29, 0.717) is 5.69 Å². The van der Waals surface area contributed by atoms with Crippen molar-refractivity contribution in [1.82, 2.24) is 4.98 Å². The van der Waals surface area contributed by atoms with Gasteiger partial charge in [-0.05, 0) is 49.2 Å². The van der Waals surface area contributed by atoms with Crippen molar-refractivity contribution in [3.8, 4) is 0 Å². The van der Waals surface area contributed by atoms with Crippen molar-refractivity contribution >= 4 is 27.5 Å². The van der Waals surface area contributed by atoms with E-state index < -0.39 is 0 Å². The Balaban J connectivity index is 2.23. The summed E-state index contributed by atoms with van der Waals surface area (Å²) in [7, 11) is 0. The first-order valence-corrected chi connectivity index (χ1v) is 6.36. The SMILES string of the molecule is Cc1cc(NC(=O)c2ccccn2)cc(C)c1Br. The number of halogens is 1. The van der Waals surface area contributed by atoms with Gasteiger partial charge in [0.15, 0.2) is 0 Å². The highest BCUT2D eigenvalue weighted by atomic mass is 79.9. The zero-order valence-electron chi connectivity index (χ0n) is 10.2. The highest BCUT2D eigenvalue weighted by molar-refractivity contribution is 9.10. The molecule has 0 unspecified atom stereocenters. The fourth-order valence-electron chi connectivity index (χ4n) is 1.71. The Morgan fingerprint density at radius 3 is 2.44 bits per heavy atom. The molecule has 0 aliphatic rings. The highest BCUT2D eigenvalue weighted by Crippen LogP contribution is 2.25. The van der Waals surface area contributed by atoms with Crippen LogP contribution in [0.3, 0.4) is 0 Å². The van der Waals surface area contributed by atoms with Crippen molar-refractivity contribution in [1.29, 1.82) is 0 Å². The molecule has 0 saturated carbocycles. The van der Waals surface area contributed by atoms with Crippen LogP contribution in [0.1, 0.15) is 21.6 Å². The molecule has 0 aliphatic carbocycles. The number of rotatable bonds is 2. The first kappa shape index (κ1) is 12.8. The van der Waals surface area contributed by atoms with Crippen molar-refractivity contribution in [3.05, 3.63) is 57.8 Å². The van der Waals surface area contributed by atoms with E-state index in [1.54, 1.807) is 24.4 Å². The molecule has 1 amide bonds. The van der Waals surface area contributed by atoms with Gasteiger partial charge >= 0.3 is 0 Å². The maximum Gasteiger partial charge on any atom is 0.274 e. The molecule has 92 valence electrons. The van der Waals surface area contributed by atoms with Crippen LogP contribution in [0.25, 0.3) is 0 Å². The summed E-state index contributed by atoms with van der Waals surface area (Å²) in [5.41, 5.74) is 3.37. The second kappa shape index (κ2) is 5.31. The maximum atomic E-state index is 11.9. The van der Waals surface area contributed by atoms with E-state index in [0.717, 1.165) is 21.3 Å². The molecule has 0 spiro atoms. The van der Waals surface area contributed by atoms with Crippen LogP contribution >= 0.6 is 15.9 Å². The molecule has 1 aromatic heterocycles. The number of pyridine rings is 1. The second-order valence-corrected chi connectivity index (χ2v) is 4.89. The van der Waals surface area contributed by atoms with Gasteiger partial charge in [0.05, 0.1) is 0 Å². The van der Waals surface area contributed by atoms with Crippen molar-refractivity contribution in [2.75, 3.05) is 5.32 Å². The lowest BCUT2D eigenvalue weighted by Gasteiger charge is -2.09. The lowest BCUT2D eigenvalue weighted by atomic mass is 10.1. The monoisotopic (exact) mass is 304 g/mol. The number of amides is 1. The Bertz CT molecular complexity index is 559. The third-order valence-electron chi connectivity index (χ3n) is 2.59. The van der Waals surface area contributed by atoms with Crippen LogP contribution in [0.4, 0.5) is 5.69 Å². The summed E-state index contributed by atoms with van der Waals surface area (Å²) in [5, 5.41) is 2.84. The maximum absolute atomic E-state index is 11.9. The highest BCUT2D eigenvalue weighted by Gasteiger charge is 2.08. The van der Waals surface area contributed by atoms with Crippen LogP contribution in [0, 0.1) is 13.8 Å². The normalized spacial score (nSPS) is 10.2. The number of carbonyl (C=O) groups is 1. The molecular weight excluding hydrogens is 292 g/mol. The number of aromatic nitrogens is 1. The van der Waals surface area contributed by atoms with E-state index in [4.69, 9.17) is 0 Å². The largest absolute Gasteiger partial charge is 0.321 e. The van der Waals surface area contributed by atoms with Gasteiger partial charge in [0, 0.05) is 16.4 Å². The predicted molar refractivity (Wildman–Crippen MR) is 75.8 cm³/mol. The molecule has 18 heavy (non-hydrogen) atoms. The molecule has 0 radical (unpaired) electrons. The third kappa shape index (κ3) is 2.76. The fourth-order valence-corrected chi connectivity index (χ4v) is 1.94. The predicted octanol–water partition coefficient (Wildman–Crippen LogP) is 3.71. The van der Waals surface area contributed by atoms with Gasteiger partial charge in [-0.1, -0.05) is 22.0 Å². The number of aryl methyl sites for hydroxylation is 2. The summed E-state index contributed by atoms with van der Waals surface area (Å²) >= 11 is 3.50. The number of carbonyl (C=O) groups excluding carboxylic acids is 1. The molecule has 2 rings (SSSR count). The average Bonchev–Trinajstić information content (AvgIpc) is 2.37. The summed E-state index contributed by atoms with van der Waals surface area (Å²) in [5.74, 6) is -0.197. The van der Waals surface area contributed by atoms with E-state index >= 15 is 0 Å². The van der Waals surface area contributed by atoms with Crippen molar-refractivity contribution in [2.24, 2.45) is 0 Å². The average molecular weight is 305 g/mol. The molecule has 2 aromatic rings. The number of nitrogens with zero attached hydrogens (tertiary/aromatic N) is 1. The molecule has 1 N–H and O–H groups in total. The molecule has 1 heterocycles. The molecule has 0 saturated heterocycles. The van der Waals surface area contributed by atoms with Gasteiger partial charge in [-0.15, -0.1) is 0 Å². The first-order chi connectivity index (χ1) is 8.58. The first-order valence-electron chi connectivity index (χ1n) is 5.57. The minimum absolute atomic E-state index is 0.197. The van der Waals surface area contributed by atoms with Crippen LogP contribution in [-0.4, -0.2) is 10.9 Å². The molecule has 1 aromatic carbocycles. The van der Waals surface area contributed by atoms with Gasteiger partial charge < -0.3 is 5.32 Å². The summed E-state index contributed by atoms with van der Waals surface area (Å²) in [4.78, 5) is 16.0. The number of hydrogen-bond donors (Lipinski definition) is 1. The van der Waals surface area contributed by atoms with Crippen molar-refractivity contribution < 1.29 is 4.79 Å². The van der Waals surface area contributed by atoms with Gasteiger partial charge in [0.2, 0.25) is 0 Å². The van der Waals surface area contributed by atoms with E-state index in [-0.39, 0.29) is 5.91 Å². The number of benzene rings is 1. The Kier molecular flexibility index (Phi) is 3.77. The fraction of sp³-hybridized carbons (Fsp3) is 0.143. The number of anilines is 1. The quantitative estimate of drug-likeness (QED) is 0.919. The standard InChI is InChI=1S/C14H13BrN2O/c1-9-7-11(8-10(2)13(9)15)17-14(18)12-5-3-4-6-16-12/h3-8H,1-2H3,(H,17,18). The third-order valence-corrected chi connectivity index (χ3v) is 3.84. The van der Waals surface area contributed by atoms with Gasteiger partial charge in [-0.3, -0.25) is 9.78 Å². The Morgan fingerprint density at radius 2 is 1.89 bits per heavy atom. The second-order valence-electron chi connectivity index (χ2n) is 4.09. The van der Waals surface area contributed by atoms with Crippen LogP contribution in [-0.2, 0) is 0 Å².